The maximum atomic E-state index is 12.0. The largest absolute Gasteiger partial charge is 0.374 e. The number of ether oxygens (including phenoxy) is 1. The Balaban J connectivity index is 1.38. The van der Waals surface area contributed by atoms with Crippen LogP contribution in [0.25, 0.3) is 0 Å². The number of hydrogen-bond donors (Lipinski definition) is 1. The highest BCUT2D eigenvalue weighted by atomic mass is 32.2. The number of thioether (sulfide) groups is 1. The molecule has 0 saturated carbocycles. The number of morpholine rings is 1. The molecule has 1 aliphatic heterocycles. The lowest BCUT2D eigenvalue weighted by atomic mass is 10.2. The molecular weight excluding hydrogens is 336 g/mol. The Morgan fingerprint density at radius 3 is 2.84 bits per heavy atom. The molecule has 25 heavy (non-hydrogen) atoms. The van der Waals surface area contributed by atoms with E-state index in [0.717, 1.165) is 19.6 Å². The van der Waals surface area contributed by atoms with E-state index in [1.54, 1.807) is 18.5 Å². The van der Waals surface area contributed by atoms with Gasteiger partial charge in [0.1, 0.15) is 0 Å². The molecule has 132 valence electrons. The molecule has 6 nitrogen and oxygen atoms in total. The van der Waals surface area contributed by atoms with Gasteiger partial charge in [-0.1, -0.05) is 42.1 Å². The summed E-state index contributed by atoms with van der Waals surface area (Å²) in [5, 5.41) is 3.55. The molecule has 1 N–H and O–H groups in total. The first-order valence-corrected chi connectivity index (χ1v) is 9.32. The SMILES string of the molecule is O=C(CSc1ncccn1)NCC1CN(Cc2ccccc2)CCO1. The Kier molecular flexibility index (Phi) is 6.79. The van der Waals surface area contributed by atoms with E-state index >= 15 is 0 Å². The number of nitrogens with one attached hydrogen (secondary N) is 1. The molecule has 1 saturated heterocycles. The van der Waals surface area contributed by atoms with E-state index in [1.165, 1.54) is 17.3 Å². The van der Waals surface area contributed by atoms with Crippen LogP contribution in [0.15, 0.2) is 53.9 Å². The zero-order chi connectivity index (χ0) is 17.3. The molecule has 0 spiro atoms. The number of benzene rings is 1. The van der Waals surface area contributed by atoms with Gasteiger partial charge in [0.25, 0.3) is 0 Å². The van der Waals surface area contributed by atoms with Gasteiger partial charge in [0.2, 0.25) is 5.91 Å². The van der Waals surface area contributed by atoms with Gasteiger partial charge >= 0.3 is 0 Å². The number of carbonyl (C=O) groups excluding carboxylic acids is 1. The van der Waals surface area contributed by atoms with Crippen LogP contribution >= 0.6 is 11.8 Å². The normalized spacial score (nSPS) is 18.0. The number of carbonyl (C=O) groups is 1. The van der Waals surface area contributed by atoms with E-state index in [-0.39, 0.29) is 12.0 Å². The number of nitrogens with zero attached hydrogens (tertiary/aromatic N) is 3. The predicted octanol–water partition coefficient (Wildman–Crippen LogP) is 1.59. The van der Waals surface area contributed by atoms with E-state index in [9.17, 15) is 4.79 Å². The van der Waals surface area contributed by atoms with Crippen LogP contribution in [-0.2, 0) is 16.1 Å². The minimum atomic E-state index is -0.0266. The second-order valence-electron chi connectivity index (χ2n) is 5.84. The molecular formula is C18H22N4O2S. The second kappa shape index (κ2) is 9.50. The van der Waals surface area contributed by atoms with E-state index in [2.05, 4.69) is 44.5 Å². The molecule has 0 aliphatic carbocycles. The third-order valence-corrected chi connectivity index (χ3v) is 4.75. The number of hydrogen-bond acceptors (Lipinski definition) is 6. The Labute approximate surface area is 152 Å². The van der Waals surface area contributed by atoms with Crippen molar-refractivity contribution in [2.24, 2.45) is 0 Å². The van der Waals surface area contributed by atoms with E-state index in [4.69, 9.17) is 4.74 Å². The summed E-state index contributed by atoms with van der Waals surface area (Å²) in [6.07, 6.45) is 3.37. The highest BCUT2D eigenvalue weighted by molar-refractivity contribution is 7.99. The van der Waals surface area contributed by atoms with Crippen LogP contribution in [0.2, 0.25) is 0 Å². The molecule has 0 radical (unpaired) electrons. The van der Waals surface area contributed by atoms with Crippen molar-refractivity contribution in [2.75, 3.05) is 32.0 Å². The van der Waals surface area contributed by atoms with Crippen molar-refractivity contribution in [2.45, 2.75) is 17.8 Å². The van der Waals surface area contributed by atoms with Crippen molar-refractivity contribution in [3.05, 3.63) is 54.4 Å². The highest BCUT2D eigenvalue weighted by Crippen LogP contribution is 2.11. The van der Waals surface area contributed by atoms with Crippen molar-refractivity contribution in [1.82, 2.24) is 20.2 Å². The van der Waals surface area contributed by atoms with Gasteiger partial charge in [0.05, 0.1) is 18.5 Å². The molecule has 1 unspecified atom stereocenters. The lowest BCUT2D eigenvalue weighted by Crippen LogP contribution is -2.47. The lowest BCUT2D eigenvalue weighted by molar-refractivity contribution is -0.119. The zero-order valence-electron chi connectivity index (χ0n) is 14.0. The van der Waals surface area contributed by atoms with Crippen LogP contribution in [0, 0.1) is 0 Å². The van der Waals surface area contributed by atoms with Crippen molar-refractivity contribution >= 4 is 17.7 Å². The molecule has 7 heteroatoms. The summed E-state index contributed by atoms with van der Waals surface area (Å²) in [6.45, 7) is 3.88. The van der Waals surface area contributed by atoms with Gasteiger partial charge < -0.3 is 10.1 Å². The van der Waals surface area contributed by atoms with Crippen LogP contribution in [-0.4, -0.2) is 58.9 Å². The molecule has 1 atom stereocenters. The van der Waals surface area contributed by atoms with Crippen molar-refractivity contribution < 1.29 is 9.53 Å². The molecule has 3 rings (SSSR count). The fraction of sp³-hybridized carbons (Fsp3) is 0.389. The topological polar surface area (TPSA) is 67.4 Å². The molecule has 1 aliphatic rings. The first-order chi connectivity index (χ1) is 12.3. The first-order valence-electron chi connectivity index (χ1n) is 8.34. The van der Waals surface area contributed by atoms with Crippen molar-refractivity contribution in [3.8, 4) is 0 Å². The Morgan fingerprint density at radius 1 is 1.24 bits per heavy atom. The maximum Gasteiger partial charge on any atom is 0.230 e. The first kappa shape index (κ1) is 17.8. The van der Waals surface area contributed by atoms with Gasteiger partial charge in [-0.25, -0.2) is 9.97 Å². The summed E-state index contributed by atoms with van der Waals surface area (Å²) in [5.74, 6) is 0.283. The number of aromatic nitrogens is 2. The van der Waals surface area contributed by atoms with Crippen molar-refractivity contribution in [1.29, 1.82) is 0 Å². The van der Waals surface area contributed by atoms with Crippen LogP contribution < -0.4 is 5.32 Å². The van der Waals surface area contributed by atoms with E-state index in [1.807, 2.05) is 6.07 Å². The van der Waals surface area contributed by atoms with Gasteiger partial charge in [0, 0.05) is 38.6 Å². The van der Waals surface area contributed by atoms with E-state index < -0.39 is 0 Å². The monoisotopic (exact) mass is 358 g/mol. The Hall–Kier alpha value is -1.96. The van der Waals surface area contributed by atoms with Gasteiger partial charge in [0.15, 0.2) is 5.16 Å². The fourth-order valence-electron chi connectivity index (χ4n) is 2.66. The van der Waals surface area contributed by atoms with Crippen LogP contribution in [0.3, 0.4) is 0 Å². The molecule has 1 amide bonds. The zero-order valence-corrected chi connectivity index (χ0v) is 14.8. The molecule has 1 fully saturated rings. The molecule has 1 aromatic heterocycles. The summed E-state index contributed by atoms with van der Waals surface area (Å²) < 4.78 is 5.77. The van der Waals surface area contributed by atoms with Crippen molar-refractivity contribution in [3.63, 3.8) is 0 Å². The Morgan fingerprint density at radius 2 is 2.04 bits per heavy atom. The van der Waals surface area contributed by atoms with Gasteiger partial charge in [-0.15, -0.1) is 0 Å². The summed E-state index contributed by atoms with van der Waals surface area (Å²) in [4.78, 5) is 22.5. The minimum Gasteiger partial charge on any atom is -0.374 e. The lowest BCUT2D eigenvalue weighted by Gasteiger charge is -2.33. The fourth-order valence-corrected chi connectivity index (χ4v) is 3.29. The molecule has 1 aromatic carbocycles. The minimum absolute atomic E-state index is 0.0266. The Bertz CT molecular complexity index is 657. The quantitative estimate of drug-likeness (QED) is 0.599. The summed E-state index contributed by atoms with van der Waals surface area (Å²) in [7, 11) is 0. The second-order valence-corrected chi connectivity index (χ2v) is 6.78. The predicted molar refractivity (Wildman–Crippen MR) is 97.2 cm³/mol. The molecule has 2 aromatic rings. The summed E-state index contributed by atoms with van der Waals surface area (Å²) >= 11 is 1.33. The third kappa shape index (κ3) is 6.12. The smallest absolute Gasteiger partial charge is 0.230 e. The summed E-state index contributed by atoms with van der Waals surface area (Å²) in [6, 6.07) is 12.2. The van der Waals surface area contributed by atoms with Gasteiger partial charge in [-0.2, -0.15) is 0 Å². The average molecular weight is 358 g/mol. The third-order valence-electron chi connectivity index (χ3n) is 3.87. The maximum absolute atomic E-state index is 12.0. The standard InChI is InChI=1S/C18H22N4O2S/c23-17(14-25-18-19-7-4-8-20-18)21-11-16-13-22(9-10-24-16)12-15-5-2-1-3-6-15/h1-8,16H,9-14H2,(H,21,23). The molecule has 0 bridgehead atoms. The van der Waals surface area contributed by atoms with Gasteiger partial charge in [-0.05, 0) is 11.6 Å². The number of rotatable bonds is 7. The van der Waals surface area contributed by atoms with Gasteiger partial charge in [-0.3, -0.25) is 9.69 Å². The van der Waals surface area contributed by atoms with Crippen LogP contribution in [0.4, 0.5) is 0 Å². The highest BCUT2D eigenvalue weighted by Gasteiger charge is 2.21. The number of amides is 1. The van der Waals surface area contributed by atoms with E-state index in [0.29, 0.717) is 24.1 Å². The van der Waals surface area contributed by atoms with Crippen LogP contribution in [0.1, 0.15) is 5.56 Å². The average Bonchev–Trinajstić information content (AvgIpc) is 2.67. The van der Waals surface area contributed by atoms with Crippen LogP contribution in [0.5, 0.6) is 0 Å². The summed E-state index contributed by atoms with van der Waals surface area (Å²) in [5.41, 5.74) is 1.30. The molecule has 2 heterocycles.